The molecule has 3 nitrogen and oxygen atoms in total. The van der Waals surface area contributed by atoms with E-state index in [9.17, 15) is 0 Å². The van der Waals surface area contributed by atoms with Crippen molar-refractivity contribution >= 4 is 27.5 Å². The van der Waals surface area contributed by atoms with E-state index in [1.165, 1.54) is 0 Å². The van der Waals surface area contributed by atoms with Crippen molar-refractivity contribution in [3.8, 4) is 5.75 Å². The number of halogens is 2. The van der Waals surface area contributed by atoms with Crippen molar-refractivity contribution < 1.29 is 9.15 Å². The van der Waals surface area contributed by atoms with Crippen LogP contribution in [0.4, 0.5) is 0 Å². The van der Waals surface area contributed by atoms with Crippen molar-refractivity contribution in [2.24, 2.45) is 0 Å². The van der Waals surface area contributed by atoms with Gasteiger partial charge in [0.1, 0.15) is 23.9 Å². The van der Waals surface area contributed by atoms with E-state index < -0.39 is 0 Å². The van der Waals surface area contributed by atoms with Crippen LogP contribution in [-0.4, -0.2) is 6.54 Å². The van der Waals surface area contributed by atoms with Gasteiger partial charge in [0.05, 0.1) is 11.0 Å². The molecule has 102 valence electrons. The summed E-state index contributed by atoms with van der Waals surface area (Å²) in [5.41, 5.74) is 0. The van der Waals surface area contributed by atoms with Crippen LogP contribution < -0.4 is 10.1 Å². The van der Waals surface area contributed by atoms with E-state index in [1.807, 2.05) is 18.2 Å². The molecule has 2 rings (SSSR count). The predicted octanol–water partition coefficient (Wildman–Crippen LogP) is 4.38. The first kappa shape index (κ1) is 14.4. The predicted molar refractivity (Wildman–Crippen MR) is 79.6 cm³/mol. The second-order valence-electron chi connectivity index (χ2n) is 4.01. The molecule has 0 aliphatic rings. The average Bonchev–Trinajstić information content (AvgIpc) is 2.83. The summed E-state index contributed by atoms with van der Waals surface area (Å²) in [5, 5.41) is 3.88. The molecule has 0 fully saturated rings. The van der Waals surface area contributed by atoms with Gasteiger partial charge in [0.25, 0.3) is 0 Å². The number of nitrogens with one attached hydrogen (secondary N) is 1. The molecule has 5 heteroatoms. The molecule has 0 aliphatic heterocycles. The molecule has 1 N–H and O–H groups in total. The zero-order valence-corrected chi connectivity index (χ0v) is 12.9. The normalized spacial score (nSPS) is 10.7. The summed E-state index contributed by atoms with van der Waals surface area (Å²) in [5.74, 6) is 2.46. The van der Waals surface area contributed by atoms with Crippen molar-refractivity contribution in [1.82, 2.24) is 5.32 Å². The Morgan fingerprint density at radius 2 is 2.05 bits per heavy atom. The molecule has 2 aromatic rings. The summed E-state index contributed by atoms with van der Waals surface area (Å²) in [6, 6.07) is 9.31. The van der Waals surface area contributed by atoms with Gasteiger partial charge in [0.15, 0.2) is 0 Å². The minimum atomic E-state index is 0.395. The minimum Gasteiger partial charge on any atom is -0.484 e. The fourth-order valence-corrected chi connectivity index (χ4v) is 2.38. The second-order valence-corrected chi connectivity index (χ2v) is 5.30. The Bertz CT molecular complexity index is 542. The van der Waals surface area contributed by atoms with Gasteiger partial charge in [-0.2, -0.15) is 0 Å². The fraction of sp³-hybridized carbons (Fsp3) is 0.286. The molecule has 0 saturated heterocycles. The van der Waals surface area contributed by atoms with E-state index in [1.54, 1.807) is 12.1 Å². The number of ether oxygens (including phenoxy) is 1. The number of hydrogen-bond acceptors (Lipinski definition) is 3. The Morgan fingerprint density at radius 3 is 2.79 bits per heavy atom. The van der Waals surface area contributed by atoms with Gasteiger partial charge in [-0.3, -0.25) is 0 Å². The number of benzene rings is 1. The zero-order chi connectivity index (χ0) is 13.7. The first-order valence-corrected chi connectivity index (χ1v) is 7.22. The highest BCUT2D eigenvalue weighted by Crippen LogP contribution is 2.28. The molecule has 1 heterocycles. The summed E-state index contributed by atoms with van der Waals surface area (Å²) in [6.07, 6.45) is 0. The Balaban J connectivity index is 1.92. The monoisotopic (exact) mass is 343 g/mol. The van der Waals surface area contributed by atoms with Crippen LogP contribution in [0.25, 0.3) is 0 Å². The standard InChI is InChI=1S/C14H15BrClNO2/c1-2-17-8-11-4-5-12(19-11)9-18-14-6-3-10(16)7-13(14)15/h3-7,17H,2,8-9H2,1H3. The molecule has 1 aromatic heterocycles. The van der Waals surface area contributed by atoms with Crippen LogP contribution in [-0.2, 0) is 13.2 Å². The van der Waals surface area contributed by atoms with Crippen LogP contribution in [0.1, 0.15) is 18.4 Å². The maximum Gasteiger partial charge on any atom is 0.146 e. The number of furan rings is 1. The molecule has 0 amide bonds. The largest absolute Gasteiger partial charge is 0.484 e. The number of hydrogen-bond donors (Lipinski definition) is 1. The topological polar surface area (TPSA) is 34.4 Å². The Kier molecular flexibility index (Phi) is 5.31. The van der Waals surface area contributed by atoms with Gasteiger partial charge in [0, 0.05) is 5.02 Å². The SMILES string of the molecule is CCNCc1ccc(COc2ccc(Cl)cc2Br)o1. The first-order valence-electron chi connectivity index (χ1n) is 6.05. The van der Waals surface area contributed by atoms with Crippen LogP contribution in [0, 0.1) is 0 Å². The quantitative estimate of drug-likeness (QED) is 0.844. The second kappa shape index (κ2) is 6.98. The van der Waals surface area contributed by atoms with Gasteiger partial charge in [-0.1, -0.05) is 18.5 Å². The van der Waals surface area contributed by atoms with Crippen molar-refractivity contribution in [3.05, 3.63) is 51.3 Å². The molecular formula is C14H15BrClNO2. The molecule has 0 spiro atoms. The van der Waals surface area contributed by atoms with Crippen molar-refractivity contribution in [2.45, 2.75) is 20.1 Å². The Hall–Kier alpha value is -0.970. The van der Waals surface area contributed by atoms with Crippen LogP contribution in [0.2, 0.25) is 5.02 Å². The van der Waals surface area contributed by atoms with E-state index in [2.05, 4.69) is 28.2 Å². The molecule has 0 radical (unpaired) electrons. The fourth-order valence-electron chi connectivity index (χ4n) is 1.58. The summed E-state index contributed by atoms with van der Waals surface area (Å²) >= 11 is 9.28. The molecule has 1 aromatic carbocycles. The van der Waals surface area contributed by atoms with E-state index in [0.29, 0.717) is 11.6 Å². The lowest BCUT2D eigenvalue weighted by Gasteiger charge is -2.06. The van der Waals surface area contributed by atoms with Crippen LogP contribution >= 0.6 is 27.5 Å². The maximum absolute atomic E-state index is 5.87. The van der Waals surface area contributed by atoms with Crippen LogP contribution in [0.5, 0.6) is 5.75 Å². The highest BCUT2D eigenvalue weighted by Gasteiger charge is 2.05. The average molecular weight is 345 g/mol. The number of rotatable bonds is 6. The lowest BCUT2D eigenvalue weighted by Crippen LogP contribution is -2.10. The summed E-state index contributed by atoms with van der Waals surface area (Å²) in [4.78, 5) is 0. The van der Waals surface area contributed by atoms with Crippen molar-refractivity contribution in [3.63, 3.8) is 0 Å². The van der Waals surface area contributed by atoms with Gasteiger partial charge in [-0.05, 0) is 52.8 Å². The highest BCUT2D eigenvalue weighted by atomic mass is 79.9. The van der Waals surface area contributed by atoms with Gasteiger partial charge >= 0.3 is 0 Å². The summed E-state index contributed by atoms with van der Waals surface area (Å²) in [6.45, 7) is 4.11. The lowest BCUT2D eigenvalue weighted by atomic mass is 10.3. The van der Waals surface area contributed by atoms with Gasteiger partial charge in [-0.15, -0.1) is 0 Å². The molecule has 0 atom stereocenters. The van der Waals surface area contributed by atoms with Gasteiger partial charge < -0.3 is 14.5 Å². The van der Waals surface area contributed by atoms with E-state index in [4.69, 9.17) is 20.8 Å². The molecular weight excluding hydrogens is 330 g/mol. The van der Waals surface area contributed by atoms with E-state index in [0.717, 1.165) is 34.8 Å². The molecule has 19 heavy (non-hydrogen) atoms. The third-order valence-corrected chi connectivity index (χ3v) is 3.39. The third-order valence-electron chi connectivity index (χ3n) is 2.53. The first-order chi connectivity index (χ1) is 9.19. The van der Waals surface area contributed by atoms with Crippen molar-refractivity contribution in [2.75, 3.05) is 6.54 Å². The van der Waals surface area contributed by atoms with Gasteiger partial charge in [0.2, 0.25) is 0 Å². The Morgan fingerprint density at radius 1 is 1.26 bits per heavy atom. The van der Waals surface area contributed by atoms with Crippen LogP contribution in [0.15, 0.2) is 39.2 Å². The smallest absolute Gasteiger partial charge is 0.146 e. The van der Waals surface area contributed by atoms with Gasteiger partial charge in [-0.25, -0.2) is 0 Å². The lowest BCUT2D eigenvalue weighted by molar-refractivity contribution is 0.263. The maximum atomic E-state index is 5.87. The van der Waals surface area contributed by atoms with Crippen molar-refractivity contribution in [1.29, 1.82) is 0 Å². The van der Waals surface area contributed by atoms with E-state index in [-0.39, 0.29) is 0 Å². The highest BCUT2D eigenvalue weighted by molar-refractivity contribution is 9.10. The molecule has 0 saturated carbocycles. The summed E-state index contributed by atoms with van der Waals surface area (Å²) < 4.78 is 12.2. The summed E-state index contributed by atoms with van der Waals surface area (Å²) in [7, 11) is 0. The molecule has 0 bridgehead atoms. The molecule has 0 unspecified atom stereocenters. The van der Waals surface area contributed by atoms with Crippen LogP contribution in [0.3, 0.4) is 0 Å². The molecule has 0 aliphatic carbocycles. The van der Waals surface area contributed by atoms with E-state index >= 15 is 0 Å². The Labute approximate surface area is 126 Å². The zero-order valence-electron chi connectivity index (χ0n) is 10.6. The minimum absolute atomic E-state index is 0.395. The third kappa shape index (κ3) is 4.27.